The SMILES string of the molecule is COc1ccncc1-c1nc(C)cc(C(=O)Nc2nc3cc(CN4CCOCC4)ccc3n2C2CCC(O)CC2)c1F. The normalized spacial score (nSPS) is 19.6. The van der Waals surface area contributed by atoms with Gasteiger partial charge in [-0.05, 0) is 62.4 Å². The van der Waals surface area contributed by atoms with Crippen molar-refractivity contribution in [2.75, 3.05) is 38.7 Å². The molecule has 1 saturated carbocycles. The van der Waals surface area contributed by atoms with Crippen LogP contribution >= 0.6 is 0 Å². The number of carbonyl (C=O) groups excluding carboxylic acids is 1. The standard InChI is InChI=1S/C31H35FN6O4/c1-19-15-23(28(32)29(34-19)24-17-33-10-9-27(24)41-2)30(40)36-31-35-25-16-20(18-37-11-13-42-14-12-37)3-8-26(25)38(31)21-4-6-22(39)7-5-21/h3,8-10,15-17,21-22,39H,4-7,11-14,18H2,1-2H3,(H,35,36,40). The van der Waals surface area contributed by atoms with Crippen LogP contribution in [0.3, 0.4) is 0 Å². The van der Waals surface area contributed by atoms with Gasteiger partial charge in [-0.3, -0.25) is 20.0 Å². The molecule has 2 N–H and O–H groups in total. The Bertz CT molecular complexity index is 1590. The van der Waals surface area contributed by atoms with Crippen molar-refractivity contribution in [3.05, 3.63) is 65.4 Å². The number of aliphatic hydroxyl groups excluding tert-OH is 1. The average Bonchev–Trinajstić information content (AvgIpc) is 3.35. The van der Waals surface area contributed by atoms with E-state index >= 15 is 4.39 Å². The molecule has 11 heteroatoms. The first-order valence-corrected chi connectivity index (χ1v) is 14.4. The van der Waals surface area contributed by atoms with Gasteiger partial charge in [0.05, 0.1) is 48.6 Å². The van der Waals surface area contributed by atoms with Crippen LogP contribution in [-0.4, -0.2) is 74.9 Å². The molecule has 0 bridgehead atoms. The maximum absolute atomic E-state index is 15.9. The number of aromatic nitrogens is 4. The number of halogens is 1. The van der Waals surface area contributed by atoms with E-state index in [2.05, 4.69) is 32.3 Å². The van der Waals surface area contributed by atoms with Gasteiger partial charge in [0, 0.05) is 43.8 Å². The van der Waals surface area contributed by atoms with E-state index in [9.17, 15) is 9.90 Å². The van der Waals surface area contributed by atoms with Crippen LogP contribution in [0.25, 0.3) is 22.3 Å². The summed E-state index contributed by atoms with van der Waals surface area (Å²) in [5.74, 6) is -0.625. The smallest absolute Gasteiger partial charge is 0.261 e. The summed E-state index contributed by atoms with van der Waals surface area (Å²) in [5.41, 5.74) is 3.46. The molecule has 1 saturated heterocycles. The van der Waals surface area contributed by atoms with Gasteiger partial charge < -0.3 is 19.1 Å². The molecule has 0 unspecified atom stereocenters. The van der Waals surface area contributed by atoms with Crippen molar-refractivity contribution in [1.29, 1.82) is 0 Å². The van der Waals surface area contributed by atoms with E-state index in [1.165, 1.54) is 19.4 Å². The number of hydrogen-bond acceptors (Lipinski definition) is 8. The number of hydrogen-bond donors (Lipinski definition) is 2. The highest BCUT2D eigenvalue weighted by Gasteiger charge is 2.28. The second-order valence-corrected chi connectivity index (χ2v) is 11.0. The first-order valence-electron chi connectivity index (χ1n) is 14.4. The molecule has 10 nitrogen and oxygen atoms in total. The lowest BCUT2D eigenvalue weighted by atomic mass is 9.93. The average molecular weight is 575 g/mol. The fourth-order valence-electron chi connectivity index (χ4n) is 5.94. The van der Waals surface area contributed by atoms with Crippen molar-refractivity contribution in [2.24, 2.45) is 0 Å². The lowest BCUT2D eigenvalue weighted by Crippen LogP contribution is -2.35. The summed E-state index contributed by atoms with van der Waals surface area (Å²) in [4.78, 5) is 29.3. The Balaban J connectivity index is 1.36. The number of imidazole rings is 1. The van der Waals surface area contributed by atoms with Gasteiger partial charge in [0.2, 0.25) is 5.95 Å². The van der Waals surface area contributed by atoms with E-state index in [0.29, 0.717) is 35.8 Å². The third-order valence-electron chi connectivity index (χ3n) is 8.11. The number of methoxy groups -OCH3 is 1. The minimum atomic E-state index is -0.763. The molecule has 1 aliphatic carbocycles. The minimum absolute atomic E-state index is 0.00683. The molecule has 3 aromatic heterocycles. The molecule has 1 aromatic carbocycles. The topological polar surface area (TPSA) is 115 Å². The van der Waals surface area contributed by atoms with Crippen molar-refractivity contribution in [1.82, 2.24) is 24.4 Å². The summed E-state index contributed by atoms with van der Waals surface area (Å²) in [6, 6.07) is 9.29. The number of amides is 1. The van der Waals surface area contributed by atoms with Crippen LogP contribution in [0.5, 0.6) is 5.75 Å². The third-order valence-corrected chi connectivity index (χ3v) is 8.11. The number of rotatable bonds is 7. The number of aryl methyl sites for hydroxylation is 1. The van der Waals surface area contributed by atoms with Crippen LogP contribution in [0.2, 0.25) is 0 Å². The maximum Gasteiger partial charge on any atom is 0.261 e. The van der Waals surface area contributed by atoms with E-state index in [1.54, 1.807) is 19.2 Å². The molecular formula is C31H35FN6O4. The van der Waals surface area contributed by atoms with Crippen molar-refractivity contribution in [3.8, 4) is 17.0 Å². The predicted octanol–water partition coefficient (Wildman–Crippen LogP) is 4.51. The quantitative estimate of drug-likeness (QED) is 0.332. The summed E-state index contributed by atoms with van der Waals surface area (Å²) in [6.07, 6.45) is 5.52. The highest BCUT2D eigenvalue weighted by Crippen LogP contribution is 2.36. The number of fused-ring (bicyclic) bond motifs is 1. The Kier molecular flexibility index (Phi) is 8.14. The van der Waals surface area contributed by atoms with Crippen LogP contribution in [0.1, 0.15) is 53.3 Å². The number of benzene rings is 1. The lowest BCUT2D eigenvalue weighted by molar-refractivity contribution is 0.0342. The second-order valence-electron chi connectivity index (χ2n) is 11.0. The van der Waals surface area contributed by atoms with Gasteiger partial charge in [-0.2, -0.15) is 0 Å². The number of pyridine rings is 2. The fourth-order valence-corrected chi connectivity index (χ4v) is 5.94. The molecule has 4 aromatic rings. The molecule has 0 spiro atoms. The number of morpholine rings is 1. The summed E-state index contributed by atoms with van der Waals surface area (Å²) >= 11 is 0. The Morgan fingerprint density at radius 2 is 1.93 bits per heavy atom. The van der Waals surface area contributed by atoms with Crippen molar-refractivity contribution < 1.29 is 23.8 Å². The number of carbonyl (C=O) groups is 1. The Morgan fingerprint density at radius 3 is 2.69 bits per heavy atom. The molecule has 6 rings (SSSR count). The number of nitrogens with zero attached hydrogens (tertiary/aromatic N) is 5. The molecule has 2 fully saturated rings. The van der Waals surface area contributed by atoms with E-state index in [1.807, 2.05) is 10.6 Å². The molecular weight excluding hydrogens is 539 g/mol. The zero-order valence-electron chi connectivity index (χ0n) is 23.8. The van der Waals surface area contributed by atoms with Crippen LogP contribution in [-0.2, 0) is 11.3 Å². The highest BCUT2D eigenvalue weighted by atomic mass is 19.1. The Morgan fingerprint density at radius 1 is 1.14 bits per heavy atom. The maximum atomic E-state index is 15.9. The van der Waals surface area contributed by atoms with Gasteiger partial charge in [0.25, 0.3) is 5.91 Å². The van der Waals surface area contributed by atoms with Crippen molar-refractivity contribution in [2.45, 2.75) is 51.3 Å². The van der Waals surface area contributed by atoms with Gasteiger partial charge in [-0.1, -0.05) is 6.07 Å². The van der Waals surface area contributed by atoms with E-state index in [0.717, 1.165) is 62.3 Å². The number of anilines is 1. The third kappa shape index (κ3) is 5.72. The first kappa shape index (κ1) is 28.2. The zero-order valence-corrected chi connectivity index (χ0v) is 23.8. The van der Waals surface area contributed by atoms with Crippen molar-refractivity contribution >= 4 is 22.9 Å². The molecule has 42 heavy (non-hydrogen) atoms. The van der Waals surface area contributed by atoms with Crippen LogP contribution in [0, 0.1) is 12.7 Å². The fraction of sp³-hybridized carbons (Fsp3) is 0.419. The summed E-state index contributed by atoms with van der Waals surface area (Å²) in [5, 5.41) is 13.0. The summed E-state index contributed by atoms with van der Waals surface area (Å²) < 4.78 is 28.8. The Hall–Kier alpha value is -3.93. The van der Waals surface area contributed by atoms with Crippen molar-refractivity contribution in [3.63, 3.8) is 0 Å². The van der Waals surface area contributed by atoms with Gasteiger partial charge in [-0.25, -0.2) is 14.4 Å². The number of ether oxygens (including phenoxy) is 2. The molecule has 0 atom stereocenters. The van der Waals surface area contributed by atoms with Gasteiger partial charge >= 0.3 is 0 Å². The van der Waals surface area contributed by atoms with E-state index < -0.39 is 11.7 Å². The number of nitrogens with one attached hydrogen (secondary N) is 1. The molecule has 1 aliphatic heterocycles. The summed E-state index contributed by atoms with van der Waals surface area (Å²) in [6.45, 7) is 5.69. The molecule has 2 aliphatic rings. The van der Waals surface area contributed by atoms with E-state index in [4.69, 9.17) is 14.5 Å². The second kappa shape index (κ2) is 12.1. The monoisotopic (exact) mass is 574 g/mol. The predicted molar refractivity (Wildman–Crippen MR) is 156 cm³/mol. The van der Waals surface area contributed by atoms with Gasteiger partial charge in [-0.15, -0.1) is 0 Å². The lowest BCUT2D eigenvalue weighted by Gasteiger charge is -2.28. The highest BCUT2D eigenvalue weighted by molar-refractivity contribution is 6.05. The minimum Gasteiger partial charge on any atom is -0.496 e. The van der Waals surface area contributed by atoms with Crippen LogP contribution < -0.4 is 10.1 Å². The first-order chi connectivity index (χ1) is 20.4. The molecule has 4 heterocycles. The Labute approximate surface area is 243 Å². The largest absolute Gasteiger partial charge is 0.496 e. The molecule has 1 amide bonds. The van der Waals surface area contributed by atoms with Gasteiger partial charge in [0.15, 0.2) is 5.82 Å². The number of aliphatic hydroxyl groups is 1. The summed E-state index contributed by atoms with van der Waals surface area (Å²) in [7, 11) is 1.49. The van der Waals surface area contributed by atoms with Crippen LogP contribution in [0.15, 0.2) is 42.7 Å². The molecule has 0 radical (unpaired) electrons. The molecule has 220 valence electrons. The van der Waals surface area contributed by atoms with Gasteiger partial charge in [0.1, 0.15) is 11.4 Å². The van der Waals surface area contributed by atoms with Crippen LogP contribution in [0.4, 0.5) is 10.3 Å². The zero-order chi connectivity index (χ0) is 29.2. The van der Waals surface area contributed by atoms with E-state index in [-0.39, 0.29) is 23.4 Å².